The Morgan fingerprint density at radius 2 is 1.85 bits per heavy atom. The van der Waals surface area contributed by atoms with Gasteiger partial charge in [0.05, 0.1) is 22.1 Å². The Hall–Kier alpha value is -3.51. The van der Waals surface area contributed by atoms with E-state index in [0.717, 1.165) is 27.4 Å². The number of fused-ring (bicyclic) bond motifs is 2. The molecule has 0 unspecified atom stereocenters. The lowest BCUT2D eigenvalue weighted by molar-refractivity contribution is -0.782. The van der Waals surface area contributed by atoms with Crippen molar-refractivity contribution >= 4 is 39.3 Å². The van der Waals surface area contributed by atoms with Gasteiger partial charge in [-0.25, -0.2) is 4.98 Å². The van der Waals surface area contributed by atoms with E-state index in [9.17, 15) is 0 Å². The van der Waals surface area contributed by atoms with Crippen LogP contribution in [-0.2, 0) is 0 Å². The Labute approximate surface area is 158 Å². The van der Waals surface area contributed by atoms with Crippen molar-refractivity contribution in [2.75, 3.05) is 5.73 Å². The van der Waals surface area contributed by atoms with E-state index in [1.165, 1.54) is 6.20 Å². The second-order valence-electron chi connectivity index (χ2n) is 6.08. The predicted molar refractivity (Wildman–Crippen MR) is 103 cm³/mol. The normalized spacial score (nSPS) is 11.3. The highest BCUT2D eigenvalue weighted by Crippen LogP contribution is 2.30. The number of pyridine rings is 1. The van der Waals surface area contributed by atoms with Crippen LogP contribution in [0, 0.1) is 0 Å². The van der Waals surface area contributed by atoms with E-state index in [2.05, 4.69) is 15.0 Å². The van der Waals surface area contributed by atoms with E-state index < -0.39 is 0 Å². The molecule has 0 aliphatic carbocycles. The maximum atomic E-state index is 6.44. The second kappa shape index (κ2) is 6.03. The molecule has 5 rings (SSSR count). The lowest BCUT2D eigenvalue weighted by Gasteiger charge is -2.05. The average molecular weight is 375 g/mol. The number of benzene rings is 2. The van der Waals surface area contributed by atoms with E-state index in [4.69, 9.17) is 21.9 Å². The van der Waals surface area contributed by atoms with Crippen LogP contribution in [0.15, 0.2) is 71.6 Å². The fourth-order valence-electron chi connectivity index (χ4n) is 3.07. The van der Waals surface area contributed by atoms with Crippen LogP contribution in [0.2, 0.25) is 5.02 Å². The van der Waals surface area contributed by atoms with Gasteiger partial charge in [0.25, 0.3) is 5.82 Å². The third-order valence-corrected chi connectivity index (χ3v) is 4.57. The summed E-state index contributed by atoms with van der Waals surface area (Å²) in [4.78, 5) is 13.3. The van der Waals surface area contributed by atoms with Gasteiger partial charge in [-0.3, -0.25) is 9.51 Å². The minimum atomic E-state index is 0.301. The zero-order valence-corrected chi connectivity index (χ0v) is 14.8. The van der Waals surface area contributed by atoms with Crippen molar-refractivity contribution in [3.63, 3.8) is 0 Å². The summed E-state index contributed by atoms with van der Waals surface area (Å²) in [6.45, 7) is 0. The SMILES string of the molecule is Nc1cnc(-c2cc(Cl)c3ncccc3c2)c(-[n+]2cc3ccccc3o2)n1. The van der Waals surface area contributed by atoms with E-state index in [-0.39, 0.29) is 0 Å². The topological polar surface area (TPSA) is 81.7 Å². The van der Waals surface area contributed by atoms with Gasteiger partial charge >= 0.3 is 5.82 Å². The highest BCUT2D eigenvalue weighted by atomic mass is 35.5. The smallest absolute Gasteiger partial charge is 0.362 e. The van der Waals surface area contributed by atoms with Gasteiger partial charge in [0.2, 0.25) is 0 Å². The van der Waals surface area contributed by atoms with Gasteiger partial charge in [0.15, 0.2) is 11.3 Å². The molecule has 0 radical (unpaired) electrons. The molecule has 27 heavy (non-hydrogen) atoms. The first-order valence-corrected chi connectivity index (χ1v) is 8.65. The average Bonchev–Trinajstić information content (AvgIpc) is 3.12. The number of hydrogen-bond donors (Lipinski definition) is 1. The molecule has 0 aliphatic rings. The maximum Gasteiger partial charge on any atom is 0.390 e. The van der Waals surface area contributed by atoms with Crippen molar-refractivity contribution < 1.29 is 9.26 Å². The Morgan fingerprint density at radius 3 is 2.74 bits per heavy atom. The Bertz CT molecular complexity index is 1280. The number of nitrogen functional groups attached to an aromatic ring is 1. The molecule has 3 heterocycles. The van der Waals surface area contributed by atoms with E-state index in [1.54, 1.807) is 10.9 Å². The zero-order valence-electron chi connectivity index (χ0n) is 14.0. The molecule has 2 N–H and O–H groups in total. The maximum absolute atomic E-state index is 6.44. The van der Waals surface area contributed by atoms with Crippen LogP contribution >= 0.6 is 11.6 Å². The summed E-state index contributed by atoms with van der Waals surface area (Å²) in [7, 11) is 0. The summed E-state index contributed by atoms with van der Waals surface area (Å²) in [5, 5.41) is 2.41. The van der Waals surface area contributed by atoms with Crippen LogP contribution in [0.1, 0.15) is 0 Å². The second-order valence-corrected chi connectivity index (χ2v) is 6.49. The number of anilines is 1. The summed E-state index contributed by atoms with van der Waals surface area (Å²) in [5.74, 6) is 0.792. The highest BCUT2D eigenvalue weighted by Gasteiger charge is 2.24. The van der Waals surface area contributed by atoms with Crippen molar-refractivity contribution in [2.24, 2.45) is 0 Å². The Balaban J connectivity index is 1.76. The molecule has 2 aromatic carbocycles. The van der Waals surface area contributed by atoms with Gasteiger partial charge in [0, 0.05) is 17.1 Å². The monoisotopic (exact) mass is 374 g/mol. The molecule has 0 saturated heterocycles. The van der Waals surface area contributed by atoms with Gasteiger partial charge in [-0.1, -0.05) is 29.8 Å². The number of rotatable bonds is 2. The van der Waals surface area contributed by atoms with Crippen molar-refractivity contribution in [3.05, 3.63) is 72.1 Å². The molecule has 0 atom stereocenters. The molecule has 130 valence electrons. The van der Waals surface area contributed by atoms with Crippen LogP contribution in [0.4, 0.5) is 5.82 Å². The standard InChI is InChI=1S/C20H13ClN5O/c21-15-9-14(8-12-5-3-7-23-18(12)15)19-20(25-17(22)10-24-19)26-11-13-4-1-2-6-16(13)27-26/h1-11H,(H2,22,25)/q+1. The van der Waals surface area contributed by atoms with Crippen LogP contribution in [-0.4, -0.2) is 15.0 Å². The minimum absolute atomic E-state index is 0.301. The van der Waals surface area contributed by atoms with Gasteiger partial charge < -0.3 is 5.73 Å². The lowest BCUT2D eigenvalue weighted by atomic mass is 10.1. The molecule has 5 aromatic rings. The third kappa shape index (κ3) is 2.67. The van der Waals surface area contributed by atoms with E-state index in [1.807, 2.05) is 54.7 Å². The van der Waals surface area contributed by atoms with Crippen LogP contribution in [0.5, 0.6) is 0 Å². The van der Waals surface area contributed by atoms with E-state index in [0.29, 0.717) is 22.4 Å². The predicted octanol–water partition coefficient (Wildman–Crippen LogP) is 3.95. The van der Waals surface area contributed by atoms with E-state index >= 15 is 0 Å². The first-order chi connectivity index (χ1) is 13.2. The van der Waals surface area contributed by atoms with Crippen LogP contribution in [0.3, 0.4) is 0 Å². The number of aromatic nitrogens is 4. The van der Waals surface area contributed by atoms with Crippen molar-refractivity contribution in [1.82, 2.24) is 15.0 Å². The Morgan fingerprint density at radius 1 is 1.00 bits per heavy atom. The molecule has 0 aliphatic heterocycles. The molecule has 3 aromatic heterocycles. The Kier molecular flexibility index (Phi) is 3.51. The molecule has 0 bridgehead atoms. The molecule has 0 saturated carbocycles. The van der Waals surface area contributed by atoms with Gasteiger partial charge in [0.1, 0.15) is 6.20 Å². The number of nitrogens with two attached hydrogens (primary N) is 1. The quantitative estimate of drug-likeness (QED) is 0.473. The number of halogens is 1. The molecular weight excluding hydrogens is 362 g/mol. The number of nitrogens with zero attached hydrogens (tertiary/aromatic N) is 4. The van der Waals surface area contributed by atoms with Gasteiger partial charge in [-0.15, -0.1) is 0 Å². The molecule has 0 fully saturated rings. The summed E-state index contributed by atoms with van der Waals surface area (Å²) in [5.41, 5.74) is 8.79. The molecule has 6 nitrogen and oxygen atoms in total. The van der Waals surface area contributed by atoms with Crippen molar-refractivity contribution in [2.45, 2.75) is 0 Å². The highest BCUT2D eigenvalue weighted by molar-refractivity contribution is 6.35. The van der Waals surface area contributed by atoms with Gasteiger partial charge in [-0.2, -0.15) is 0 Å². The fourth-order valence-corrected chi connectivity index (χ4v) is 3.34. The molecular formula is C20H13ClN5O+. The summed E-state index contributed by atoms with van der Waals surface area (Å²) >= 11 is 6.44. The molecule has 0 spiro atoms. The number of hydrogen-bond acceptors (Lipinski definition) is 5. The number of para-hydroxylation sites is 1. The van der Waals surface area contributed by atoms with Crippen LogP contribution < -0.4 is 10.5 Å². The minimum Gasteiger partial charge on any atom is -0.362 e. The third-order valence-electron chi connectivity index (χ3n) is 4.29. The zero-order chi connectivity index (χ0) is 18.4. The van der Waals surface area contributed by atoms with Crippen molar-refractivity contribution in [1.29, 1.82) is 0 Å². The van der Waals surface area contributed by atoms with Gasteiger partial charge in [-0.05, 0) is 40.1 Å². The van der Waals surface area contributed by atoms with Crippen molar-refractivity contribution in [3.8, 4) is 17.1 Å². The first kappa shape index (κ1) is 15.7. The summed E-state index contributed by atoms with van der Waals surface area (Å²) < 4.78 is 7.48. The molecule has 0 amide bonds. The molecule has 7 heteroatoms. The fraction of sp³-hybridized carbons (Fsp3) is 0. The summed E-state index contributed by atoms with van der Waals surface area (Å²) in [6.07, 6.45) is 5.09. The van der Waals surface area contributed by atoms with Crippen LogP contribution in [0.25, 0.3) is 38.9 Å². The largest absolute Gasteiger partial charge is 0.390 e. The summed E-state index contributed by atoms with van der Waals surface area (Å²) in [6, 6.07) is 15.3. The lowest BCUT2D eigenvalue weighted by Crippen LogP contribution is -2.30. The first-order valence-electron chi connectivity index (χ1n) is 8.27.